The van der Waals surface area contributed by atoms with Gasteiger partial charge in [0.25, 0.3) is 17.7 Å². The number of amides is 5. The molecule has 9 rings (SSSR count). The minimum Gasteiger partial charge on any atom is -0.371 e. The van der Waals surface area contributed by atoms with Gasteiger partial charge in [-0.05, 0) is 123 Å². The second-order valence-corrected chi connectivity index (χ2v) is 17.7. The highest BCUT2D eigenvalue weighted by atomic mass is 35.5. The minimum absolute atomic E-state index is 0.0819. The van der Waals surface area contributed by atoms with Crippen molar-refractivity contribution in [1.29, 1.82) is 0 Å². The van der Waals surface area contributed by atoms with Crippen molar-refractivity contribution in [1.82, 2.24) is 20.0 Å². The smallest absolute Gasteiger partial charge is 0.262 e. The molecule has 0 aliphatic carbocycles. The van der Waals surface area contributed by atoms with Gasteiger partial charge in [-0.1, -0.05) is 17.7 Å². The van der Waals surface area contributed by atoms with Gasteiger partial charge in [0.05, 0.1) is 17.7 Å². The van der Waals surface area contributed by atoms with Crippen LogP contribution in [0, 0.1) is 17.9 Å². The number of hydrogen-bond acceptors (Lipinski definition) is 8. The second kappa shape index (κ2) is 15.2. The molecule has 1 unspecified atom stereocenters. The van der Waals surface area contributed by atoms with E-state index in [0.717, 1.165) is 117 Å². The third-order valence-corrected chi connectivity index (χ3v) is 14.0. The number of piperidine rings is 3. The first kappa shape index (κ1) is 38.3. The highest BCUT2D eigenvalue weighted by Gasteiger charge is 2.46. The fourth-order valence-electron chi connectivity index (χ4n) is 10.5. The lowest BCUT2D eigenvalue weighted by Gasteiger charge is -2.40. The molecule has 0 saturated carbocycles. The van der Waals surface area contributed by atoms with Crippen LogP contribution in [0.15, 0.2) is 54.6 Å². The molecule has 3 aromatic carbocycles. The Morgan fingerprint density at radius 2 is 1.55 bits per heavy atom. The van der Waals surface area contributed by atoms with Crippen molar-refractivity contribution >= 4 is 58.2 Å². The Morgan fingerprint density at radius 1 is 0.862 bits per heavy atom. The van der Waals surface area contributed by atoms with E-state index in [-0.39, 0.29) is 30.1 Å². The Labute approximate surface area is 343 Å². The van der Waals surface area contributed by atoms with Crippen molar-refractivity contribution < 1.29 is 24.0 Å². The lowest BCUT2D eigenvalue weighted by molar-refractivity contribution is -0.136. The van der Waals surface area contributed by atoms with E-state index in [4.69, 9.17) is 18.2 Å². The number of anilines is 2. The number of carbonyl (C=O) groups is 5. The molecular weight excluding hydrogens is 754 g/mol. The molecule has 300 valence electrons. The molecule has 2 atom stereocenters. The van der Waals surface area contributed by atoms with Crippen molar-refractivity contribution in [2.24, 2.45) is 11.3 Å². The largest absolute Gasteiger partial charge is 0.371 e. The van der Waals surface area contributed by atoms with Gasteiger partial charge in [0.2, 0.25) is 17.5 Å². The molecule has 0 bridgehead atoms. The van der Waals surface area contributed by atoms with Gasteiger partial charge in [0.15, 0.2) is 0 Å². The molecule has 6 heterocycles. The first-order valence-corrected chi connectivity index (χ1v) is 21.0. The van der Waals surface area contributed by atoms with E-state index >= 15 is 0 Å². The fraction of sp³-hybridized carbons (Fsp3) is 0.467. The maximum Gasteiger partial charge on any atom is 0.262 e. The summed E-state index contributed by atoms with van der Waals surface area (Å²) in [5.41, 5.74) is 6.48. The maximum absolute atomic E-state index is 13.6. The van der Waals surface area contributed by atoms with Crippen molar-refractivity contribution in [3.05, 3.63) is 98.9 Å². The molecule has 0 radical (unpaired) electrons. The topological polar surface area (TPSA) is 118 Å². The van der Waals surface area contributed by atoms with E-state index in [1.165, 1.54) is 0 Å². The zero-order valence-corrected chi connectivity index (χ0v) is 33.6. The van der Waals surface area contributed by atoms with Crippen LogP contribution in [-0.2, 0) is 22.6 Å². The van der Waals surface area contributed by atoms with Crippen LogP contribution in [0.5, 0.6) is 0 Å². The van der Waals surface area contributed by atoms with Crippen molar-refractivity contribution in [3.63, 3.8) is 0 Å². The van der Waals surface area contributed by atoms with Crippen LogP contribution in [0.1, 0.15) is 94.1 Å². The third kappa shape index (κ3) is 7.02. The lowest BCUT2D eigenvalue weighted by Crippen LogP contribution is -2.54. The number of hydrogen-bond donors (Lipinski definition) is 1. The third-order valence-electron chi connectivity index (χ3n) is 13.7. The zero-order chi connectivity index (χ0) is 40.3. The van der Waals surface area contributed by atoms with Gasteiger partial charge in [0.1, 0.15) is 6.04 Å². The van der Waals surface area contributed by atoms with Crippen LogP contribution < -0.4 is 15.1 Å². The Kier molecular flexibility index (Phi) is 10.0. The summed E-state index contributed by atoms with van der Waals surface area (Å²) < 4.78 is 0. The van der Waals surface area contributed by atoms with Crippen LogP contribution in [0.2, 0.25) is 5.02 Å². The summed E-state index contributed by atoms with van der Waals surface area (Å²) in [5.74, 6) is -1.39. The molecule has 6 aliphatic rings. The van der Waals surface area contributed by atoms with Gasteiger partial charge in [-0.25, -0.2) is 4.85 Å². The van der Waals surface area contributed by atoms with E-state index < -0.39 is 23.8 Å². The first-order chi connectivity index (χ1) is 28.0. The molecule has 0 aromatic heterocycles. The Morgan fingerprint density at radius 3 is 2.22 bits per heavy atom. The molecule has 3 aromatic rings. The summed E-state index contributed by atoms with van der Waals surface area (Å²) in [6.07, 6.45) is 6.21. The number of fused-ring (bicyclic) bond motifs is 2. The van der Waals surface area contributed by atoms with E-state index in [1.807, 2.05) is 47.4 Å². The molecule has 13 heteroatoms. The molecule has 1 spiro atoms. The van der Waals surface area contributed by atoms with Crippen LogP contribution >= 0.6 is 11.6 Å². The second-order valence-electron chi connectivity index (χ2n) is 17.3. The SMILES string of the molecule is [C-]#[N+]c1ccc(N2CC3(CCN(c4ccc(C(=O)N5CCC(CN6CCc7cc8c(cc7C6)C(=O)N(C6CCC(=O)NC6=O)C8=O)CC5)cc4)CC3)C[C@@H]2C)cc1Cl. The van der Waals surface area contributed by atoms with E-state index in [2.05, 4.69) is 43.9 Å². The van der Waals surface area contributed by atoms with Crippen molar-refractivity contribution in [2.45, 2.75) is 76.9 Å². The Bertz CT molecular complexity index is 2240. The summed E-state index contributed by atoms with van der Waals surface area (Å²) in [4.78, 5) is 78.3. The van der Waals surface area contributed by atoms with E-state index in [0.29, 0.717) is 40.3 Å². The standard InChI is InChI=1S/C45H48ClN7O5/c1-28-24-45(27-52(28)34-7-8-38(47-2)37(46)23-34)14-19-50(20-15-45)33-5-3-30(4-6-33)42(56)51-17-11-29(12-18-51)25-49-16-13-31-21-35-36(22-32(31)26-49)44(58)53(43(35)57)39-9-10-40(54)48-41(39)55/h3-8,21-23,28-29,39H,9-20,24-27H2,1H3,(H,48,54,55)/t28-,39?/m0/s1. The van der Waals surface area contributed by atoms with Gasteiger partial charge < -0.3 is 14.7 Å². The Balaban J connectivity index is 0.750. The predicted octanol–water partition coefficient (Wildman–Crippen LogP) is 6.09. The maximum atomic E-state index is 13.6. The molecule has 4 fully saturated rings. The number of carbonyl (C=O) groups excluding carboxylic acids is 5. The van der Waals surface area contributed by atoms with E-state index in [9.17, 15) is 24.0 Å². The summed E-state index contributed by atoms with van der Waals surface area (Å²) in [5, 5.41) is 2.77. The highest BCUT2D eigenvalue weighted by Crippen LogP contribution is 2.46. The fourth-order valence-corrected chi connectivity index (χ4v) is 10.7. The van der Waals surface area contributed by atoms with Crippen LogP contribution in [0.25, 0.3) is 4.85 Å². The molecule has 4 saturated heterocycles. The van der Waals surface area contributed by atoms with Gasteiger partial charge in [-0.3, -0.25) is 39.1 Å². The Hall–Kier alpha value is -5.25. The lowest BCUT2D eigenvalue weighted by atomic mass is 9.76. The number of nitrogens with zero attached hydrogens (tertiary/aromatic N) is 6. The van der Waals surface area contributed by atoms with Crippen LogP contribution in [-0.4, -0.2) is 102 Å². The molecule has 58 heavy (non-hydrogen) atoms. The van der Waals surface area contributed by atoms with Crippen LogP contribution in [0.3, 0.4) is 0 Å². The quantitative estimate of drug-likeness (QED) is 0.235. The average Bonchev–Trinajstić information content (AvgIpc) is 3.67. The first-order valence-electron chi connectivity index (χ1n) is 20.7. The summed E-state index contributed by atoms with van der Waals surface area (Å²) >= 11 is 6.39. The molecule has 6 aliphatic heterocycles. The number of rotatable bonds is 6. The monoisotopic (exact) mass is 801 g/mol. The number of likely N-dealkylation sites (tertiary alicyclic amines) is 1. The molecule has 5 amide bonds. The molecule has 1 N–H and O–H groups in total. The van der Waals surface area contributed by atoms with Gasteiger partial charge in [-0.2, -0.15) is 0 Å². The molecular formula is C45H48ClN7O5. The van der Waals surface area contributed by atoms with Crippen LogP contribution in [0.4, 0.5) is 17.1 Å². The number of benzene rings is 3. The predicted molar refractivity (Wildman–Crippen MR) is 220 cm³/mol. The zero-order valence-electron chi connectivity index (χ0n) is 32.8. The number of imide groups is 2. The van der Waals surface area contributed by atoms with Crippen molar-refractivity contribution in [2.75, 3.05) is 55.6 Å². The number of halogens is 1. The average molecular weight is 802 g/mol. The number of nitrogens with one attached hydrogen (secondary N) is 1. The van der Waals surface area contributed by atoms with Gasteiger partial charge >= 0.3 is 0 Å². The normalized spacial score (nSPS) is 23.6. The highest BCUT2D eigenvalue weighted by molar-refractivity contribution is 6.33. The molecule has 12 nitrogen and oxygen atoms in total. The van der Waals surface area contributed by atoms with Gasteiger partial charge in [0, 0.05) is 86.8 Å². The van der Waals surface area contributed by atoms with Gasteiger partial charge in [-0.15, -0.1) is 0 Å². The van der Waals surface area contributed by atoms with Crippen molar-refractivity contribution in [3.8, 4) is 0 Å². The summed E-state index contributed by atoms with van der Waals surface area (Å²) in [6, 6.07) is 17.0. The van der Waals surface area contributed by atoms with E-state index in [1.54, 1.807) is 0 Å². The summed E-state index contributed by atoms with van der Waals surface area (Å²) in [7, 11) is 0. The minimum atomic E-state index is -0.970. The summed E-state index contributed by atoms with van der Waals surface area (Å²) in [6.45, 7) is 16.4.